The van der Waals surface area contributed by atoms with Crippen LogP contribution in [-0.2, 0) is 13.0 Å². The maximum Gasteiger partial charge on any atom is 0.0684 e. The summed E-state index contributed by atoms with van der Waals surface area (Å²) in [4.78, 5) is 0. The minimum absolute atomic E-state index is 0.127. The Kier molecular flexibility index (Phi) is 4.26. The lowest BCUT2D eigenvalue weighted by Crippen LogP contribution is -1.92. The number of rotatable bonds is 4. The van der Waals surface area contributed by atoms with Crippen molar-refractivity contribution in [3.63, 3.8) is 0 Å². The summed E-state index contributed by atoms with van der Waals surface area (Å²) in [6, 6.07) is 6.17. The van der Waals surface area contributed by atoms with Crippen LogP contribution in [0.2, 0.25) is 0 Å². The van der Waals surface area contributed by atoms with Crippen molar-refractivity contribution in [2.45, 2.75) is 26.4 Å². The second kappa shape index (κ2) is 5.25. The van der Waals surface area contributed by atoms with E-state index in [0.717, 1.165) is 24.0 Å². The van der Waals surface area contributed by atoms with E-state index in [1.165, 1.54) is 5.56 Å². The number of aliphatic hydroxyl groups excluding tert-OH is 1. The monoisotopic (exact) mass is 198 g/mol. The van der Waals surface area contributed by atoms with E-state index in [9.17, 15) is 0 Å². The van der Waals surface area contributed by atoms with E-state index in [1.54, 1.807) is 0 Å². The summed E-state index contributed by atoms with van der Waals surface area (Å²) in [7, 11) is 0. The predicted molar refractivity (Wildman–Crippen MR) is 56.1 cm³/mol. The Hall–Kier alpha value is -0.530. The fourth-order valence-corrected chi connectivity index (χ4v) is 1.50. The normalized spacial score (nSPS) is 10.4. The number of alkyl halides is 1. The number of hydrogen-bond donors (Lipinski definition) is 1. The molecular formula is C11H15ClO. The molecule has 13 heavy (non-hydrogen) atoms. The van der Waals surface area contributed by atoms with Crippen LogP contribution < -0.4 is 0 Å². The van der Waals surface area contributed by atoms with Gasteiger partial charge in [0.15, 0.2) is 0 Å². The molecule has 1 aromatic rings. The quantitative estimate of drug-likeness (QED) is 0.738. The Morgan fingerprint density at radius 2 is 2.15 bits per heavy atom. The molecule has 2 heteroatoms. The summed E-state index contributed by atoms with van der Waals surface area (Å²) in [5.41, 5.74) is 3.47. The van der Waals surface area contributed by atoms with E-state index in [1.807, 2.05) is 13.0 Å². The molecule has 0 aliphatic rings. The van der Waals surface area contributed by atoms with Gasteiger partial charge in [-0.3, -0.25) is 0 Å². The molecule has 0 aliphatic carbocycles. The maximum absolute atomic E-state index is 8.96. The van der Waals surface area contributed by atoms with Crippen molar-refractivity contribution in [1.29, 1.82) is 0 Å². The molecule has 1 aromatic carbocycles. The van der Waals surface area contributed by atoms with Gasteiger partial charge in [0.25, 0.3) is 0 Å². The van der Waals surface area contributed by atoms with Crippen molar-refractivity contribution in [1.82, 2.24) is 0 Å². The second-order valence-corrected chi connectivity index (χ2v) is 3.59. The van der Waals surface area contributed by atoms with Crippen LogP contribution in [0.5, 0.6) is 0 Å². The van der Waals surface area contributed by atoms with E-state index in [0.29, 0.717) is 5.88 Å². The molecule has 0 spiro atoms. The van der Waals surface area contributed by atoms with Crippen molar-refractivity contribution < 1.29 is 5.11 Å². The third-order valence-corrected chi connectivity index (χ3v) is 2.44. The second-order valence-electron chi connectivity index (χ2n) is 3.21. The molecule has 0 saturated carbocycles. The predicted octanol–water partition coefficient (Wildman–Crippen LogP) is 2.66. The molecule has 1 N–H and O–H groups in total. The summed E-state index contributed by atoms with van der Waals surface area (Å²) >= 11 is 5.61. The highest BCUT2D eigenvalue weighted by molar-refractivity contribution is 6.17. The van der Waals surface area contributed by atoms with E-state index >= 15 is 0 Å². The van der Waals surface area contributed by atoms with Crippen LogP contribution in [-0.4, -0.2) is 11.0 Å². The lowest BCUT2D eigenvalue weighted by Gasteiger charge is -2.05. The van der Waals surface area contributed by atoms with Gasteiger partial charge in [-0.2, -0.15) is 0 Å². The molecule has 0 fully saturated rings. The van der Waals surface area contributed by atoms with Crippen molar-refractivity contribution in [2.75, 3.05) is 5.88 Å². The average molecular weight is 199 g/mol. The standard InChI is InChI=1S/C11H15ClO/c1-9-7-10(3-2-6-12)4-5-11(9)8-13/h4-5,7,13H,2-3,6,8H2,1H3. The molecule has 72 valence electrons. The van der Waals surface area contributed by atoms with Crippen molar-refractivity contribution in [2.24, 2.45) is 0 Å². The SMILES string of the molecule is Cc1cc(CCCCl)ccc1CO. The minimum atomic E-state index is 0.127. The zero-order valence-electron chi connectivity index (χ0n) is 7.89. The van der Waals surface area contributed by atoms with Crippen LogP contribution in [0, 0.1) is 6.92 Å². The Morgan fingerprint density at radius 1 is 1.38 bits per heavy atom. The first-order valence-corrected chi connectivity index (χ1v) is 5.06. The Bertz CT molecular complexity index is 271. The molecule has 0 saturated heterocycles. The topological polar surface area (TPSA) is 20.2 Å². The van der Waals surface area contributed by atoms with Gasteiger partial charge in [0.1, 0.15) is 0 Å². The molecule has 0 aromatic heterocycles. The highest BCUT2D eigenvalue weighted by Crippen LogP contribution is 2.12. The van der Waals surface area contributed by atoms with Gasteiger partial charge >= 0.3 is 0 Å². The highest BCUT2D eigenvalue weighted by Gasteiger charge is 1.98. The van der Waals surface area contributed by atoms with Crippen molar-refractivity contribution in [3.05, 3.63) is 34.9 Å². The molecule has 0 heterocycles. The molecule has 0 bridgehead atoms. The van der Waals surface area contributed by atoms with Gasteiger partial charge in [-0.25, -0.2) is 0 Å². The van der Waals surface area contributed by atoms with Crippen molar-refractivity contribution in [3.8, 4) is 0 Å². The average Bonchev–Trinajstić information content (AvgIpc) is 2.15. The summed E-state index contributed by atoms with van der Waals surface area (Å²) < 4.78 is 0. The number of halogens is 1. The third kappa shape index (κ3) is 3.02. The van der Waals surface area contributed by atoms with Crippen LogP contribution >= 0.6 is 11.6 Å². The maximum atomic E-state index is 8.96. The zero-order chi connectivity index (χ0) is 9.68. The van der Waals surface area contributed by atoms with Gasteiger partial charge in [-0.1, -0.05) is 18.2 Å². The number of aryl methyl sites for hydroxylation is 2. The van der Waals surface area contributed by atoms with Crippen LogP contribution in [0.1, 0.15) is 23.1 Å². The first-order valence-electron chi connectivity index (χ1n) is 4.53. The van der Waals surface area contributed by atoms with Gasteiger partial charge in [0, 0.05) is 5.88 Å². The van der Waals surface area contributed by atoms with E-state index < -0.39 is 0 Å². The van der Waals surface area contributed by atoms with E-state index in [-0.39, 0.29) is 6.61 Å². The van der Waals surface area contributed by atoms with E-state index in [4.69, 9.17) is 16.7 Å². The molecule has 0 amide bonds. The third-order valence-electron chi connectivity index (χ3n) is 2.18. The number of aliphatic hydroxyl groups is 1. The highest BCUT2D eigenvalue weighted by atomic mass is 35.5. The van der Waals surface area contributed by atoms with Gasteiger partial charge in [0.2, 0.25) is 0 Å². The number of benzene rings is 1. The molecule has 0 unspecified atom stereocenters. The lowest BCUT2D eigenvalue weighted by molar-refractivity contribution is 0.281. The zero-order valence-corrected chi connectivity index (χ0v) is 8.64. The minimum Gasteiger partial charge on any atom is -0.392 e. The molecule has 1 nitrogen and oxygen atoms in total. The van der Waals surface area contributed by atoms with Crippen molar-refractivity contribution >= 4 is 11.6 Å². The summed E-state index contributed by atoms with van der Waals surface area (Å²) in [6.45, 7) is 2.15. The summed E-state index contributed by atoms with van der Waals surface area (Å²) in [6.07, 6.45) is 2.04. The number of hydrogen-bond acceptors (Lipinski definition) is 1. The fraction of sp³-hybridized carbons (Fsp3) is 0.455. The van der Waals surface area contributed by atoms with Crippen LogP contribution in [0.25, 0.3) is 0 Å². The van der Waals surface area contributed by atoms with Gasteiger partial charge < -0.3 is 5.11 Å². The summed E-state index contributed by atoms with van der Waals surface area (Å²) in [5, 5.41) is 8.96. The Labute approximate surface area is 84.4 Å². The lowest BCUT2D eigenvalue weighted by atomic mass is 10.0. The molecule has 1 rings (SSSR count). The Balaban J connectivity index is 2.71. The molecule has 0 aliphatic heterocycles. The van der Waals surface area contributed by atoms with Gasteiger partial charge in [0.05, 0.1) is 6.61 Å². The molecule has 0 radical (unpaired) electrons. The van der Waals surface area contributed by atoms with Crippen LogP contribution in [0.3, 0.4) is 0 Å². The van der Waals surface area contributed by atoms with Crippen LogP contribution in [0.15, 0.2) is 18.2 Å². The molecular weight excluding hydrogens is 184 g/mol. The smallest absolute Gasteiger partial charge is 0.0684 e. The first-order chi connectivity index (χ1) is 6.27. The van der Waals surface area contributed by atoms with Gasteiger partial charge in [-0.05, 0) is 36.5 Å². The largest absolute Gasteiger partial charge is 0.392 e. The fourth-order valence-electron chi connectivity index (χ4n) is 1.36. The summed E-state index contributed by atoms with van der Waals surface area (Å²) in [5.74, 6) is 0.709. The molecule has 0 atom stereocenters. The van der Waals surface area contributed by atoms with Crippen LogP contribution in [0.4, 0.5) is 0 Å². The van der Waals surface area contributed by atoms with Gasteiger partial charge in [-0.15, -0.1) is 11.6 Å². The Morgan fingerprint density at radius 3 is 2.69 bits per heavy atom. The van der Waals surface area contributed by atoms with E-state index in [2.05, 4.69) is 12.1 Å². The first kappa shape index (κ1) is 10.6.